The van der Waals surface area contributed by atoms with E-state index in [1.54, 1.807) is 0 Å². The predicted molar refractivity (Wildman–Crippen MR) is 86.8 cm³/mol. The summed E-state index contributed by atoms with van der Waals surface area (Å²) in [4.78, 5) is 4.54. The highest BCUT2D eigenvalue weighted by Crippen LogP contribution is 2.29. The third-order valence-corrected chi connectivity index (χ3v) is 3.87. The number of nitrogens with one attached hydrogen (secondary N) is 1. The summed E-state index contributed by atoms with van der Waals surface area (Å²) in [6.07, 6.45) is 9.38. The van der Waals surface area contributed by atoms with E-state index in [2.05, 4.69) is 71.9 Å². The summed E-state index contributed by atoms with van der Waals surface area (Å²) < 4.78 is 0. The first kappa shape index (κ1) is 13.8. The molecular weight excluding hydrogens is 256 g/mol. The molecule has 1 heterocycles. The highest BCUT2D eigenvalue weighted by Gasteiger charge is 2.20. The van der Waals surface area contributed by atoms with Crippen LogP contribution in [0, 0.1) is 0 Å². The molecule has 0 saturated heterocycles. The standard InChI is InChI=1S/C19H20N2/c1-15(16-9-3-2-4-10-16)21-19(17-11-5-6-12-17)18-13-7-8-14-20-18/h2-11,13-15,19,21H,12H2,1H3/t15-,19-/m0/s1. The summed E-state index contributed by atoms with van der Waals surface area (Å²) in [6.45, 7) is 2.20. The Labute approximate surface area is 126 Å². The van der Waals surface area contributed by atoms with Crippen molar-refractivity contribution in [3.05, 3.63) is 89.8 Å². The molecule has 2 heteroatoms. The van der Waals surface area contributed by atoms with Crippen molar-refractivity contribution in [1.82, 2.24) is 10.3 Å². The summed E-state index contributed by atoms with van der Waals surface area (Å²) in [7, 11) is 0. The second kappa shape index (κ2) is 6.51. The number of hydrogen-bond acceptors (Lipinski definition) is 2. The van der Waals surface area contributed by atoms with Gasteiger partial charge in [-0.05, 0) is 36.6 Å². The van der Waals surface area contributed by atoms with E-state index in [1.165, 1.54) is 11.1 Å². The first-order valence-corrected chi connectivity index (χ1v) is 7.42. The van der Waals surface area contributed by atoms with Gasteiger partial charge in [0.05, 0.1) is 11.7 Å². The van der Waals surface area contributed by atoms with E-state index in [-0.39, 0.29) is 12.1 Å². The van der Waals surface area contributed by atoms with Crippen LogP contribution in [0.25, 0.3) is 0 Å². The van der Waals surface area contributed by atoms with Crippen LogP contribution in [-0.2, 0) is 0 Å². The first-order valence-electron chi connectivity index (χ1n) is 7.42. The fraction of sp³-hybridized carbons (Fsp3) is 0.211. The molecule has 2 atom stereocenters. The summed E-state index contributed by atoms with van der Waals surface area (Å²) in [5.41, 5.74) is 3.75. The molecule has 21 heavy (non-hydrogen) atoms. The van der Waals surface area contributed by atoms with Gasteiger partial charge in [0, 0.05) is 12.2 Å². The molecule has 0 saturated carbocycles. The monoisotopic (exact) mass is 276 g/mol. The number of pyridine rings is 1. The van der Waals surface area contributed by atoms with Crippen molar-refractivity contribution in [1.29, 1.82) is 0 Å². The van der Waals surface area contributed by atoms with Gasteiger partial charge in [0.25, 0.3) is 0 Å². The zero-order chi connectivity index (χ0) is 14.5. The number of aromatic nitrogens is 1. The van der Waals surface area contributed by atoms with Crippen LogP contribution in [0.1, 0.15) is 36.7 Å². The normalized spacial score (nSPS) is 16.5. The number of benzene rings is 1. The van der Waals surface area contributed by atoms with Gasteiger partial charge in [0.2, 0.25) is 0 Å². The van der Waals surface area contributed by atoms with Gasteiger partial charge in [-0.1, -0.05) is 54.6 Å². The van der Waals surface area contributed by atoms with E-state index >= 15 is 0 Å². The van der Waals surface area contributed by atoms with Gasteiger partial charge < -0.3 is 0 Å². The molecule has 0 spiro atoms. The van der Waals surface area contributed by atoms with Crippen LogP contribution in [-0.4, -0.2) is 4.98 Å². The molecule has 1 aliphatic carbocycles. The van der Waals surface area contributed by atoms with E-state index in [0.29, 0.717) is 0 Å². The van der Waals surface area contributed by atoms with Crippen molar-refractivity contribution >= 4 is 0 Å². The Bertz CT molecular complexity index is 629. The van der Waals surface area contributed by atoms with Gasteiger partial charge in [-0.25, -0.2) is 0 Å². The third-order valence-electron chi connectivity index (χ3n) is 3.87. The van der Waals surface area contributed by atoms with Crippen molar-refractivity contribution in [2.75, 3.05) is 0 Å². The van der Waals surface area contributed by atoms with E-state index in [0.717, 1.165) is 12.1 Å². The van der Waals surface area contributed by atoms with Crippen molar-refractivity contribution < 1.29 is 0 Å². The van der Waals surface area contributed by atoms with E-state index in [1.807, 2.05) is 18.3 Å². The average Bonchev–Trinajstić information content (AvgIpc) is 3.08. The largest absolute Gasteiger partial charge is 0.299 e. The summed E-state index contributed by atoms with van der Waals surface area (Å²) in [5.74, 6) is 0. The second-order valence-corrected chi connectivity index (χ2v) is 5.36. The van der Waals surface area contributed by atoms with Crippen LogP contribution in [0.15, 0.2) is 78.5 Å². The van der Waals surface area contributed by atoms with Gasteiger partial charge >= 0.3 is 0 Å². The lowest BCUT2D eigenvalue weighted by Gasteiger charge is -2.24. The van der Waals surface area contributed by atoms with Crippen molar-refractivity contribution in [2.24, 2.45) is 0 Å². The lowest BCUT2D eigenvalue weighted by atomic mass is 9.99. The minimum Gasteiger partial charge on any atom is -0.299 e. The molecule has 0 bridgehead atoms. The second-order valence-electron chi connectivity index (χ2n) is 5.36. The third kappa shape index (κ3) is 3.29. The van der Waals surface area contributed by atoms with Crippen LogP contribution < -0.4 is 5.32 Å². The van der Waals surface area contributed by atoms with Gasteiger partial charge in [-0.15, -0.1) is 0 Å². The maximum Gasteiger partial charge on any atom is 0.0721 e. The molecule has 1 aliphatic rings. The summed E-state index contributed by atoms with van der Waals surface area (Å²) in [6, 6.07) is 17.1. The van der Waals surface area contributed by atoms with Gasteiger partial charge in [-0.2, -0.15) is 0 Å². The maximum absolute atomic E-state index is 4.54. The first-order chi connectivity index (χ1) is 10.3. The van der Waals surface area contributed by atoms with Crippen LogP contribution in [0.2, 0.25) is 0 Å². The lowest BCUT2D eigenvalue weighted by molar-refractivity contribution is 0.499. The minimum atomic E-state index is 0.163. The Morgan fingerprint density at radius 2 is 1.86 bits per heavy atom. The summed E-state index contributed by atoms with van der Waals surface area (Å²) >= 11 is 0. The molecule has 0 amide bonds. The number of allylic oxidation sites excluding steroid dienone is 3. The Hall–Kier alpha value is -2.19. The molecule has 0 fully saturated rings. The van der Waals surface area contributed by atoms with E-state index < -0.39 is 0 Å². The fourth-order valence-corrected chi connectivity index (χ4v) is 2.69. The number of hydrogen-bond donors (Lipinski definition) is 1. The number of rotatable bonds is 5. The minimum absolute atomic E-state index is 0.163. The zero-order valence-electron chi connectivity index (χ0n) is 12.2. The highest BCUT2D eigenvalue weighted by molar-refractivity contribution is 5.32. The Kier molecular flexibility index (Phi) is 4.27. The lowest BCUT2D eigenvalue weighted by Crippen LogP contribution is -2.26. The van der Waals surface area contributed by atoms with Crippen LogP contribution >= 0.6 is 0 Å². The molecule has 0 unspecified atom stereocenters. The average molecular weight is 276 g/mol. The topological polar surface area (TPSA) is 24.9 Å². The van der Waals surface area contributed by atoms with Crippen LogP contribution in [0.5, 0.6) is 0 Å². The molecular formula is C19H20N2. The molecule has 1 aromatic heterocycles. The predicted octanol–water partition coefficient (Wildman–Crippen LogP) is 4.36. The molecule has 1 aromatic carbocycles. The highest BCUT2D eigenvalue weighted by atomic mass is 15.0. The van der Waals surface area contributed by atoms with E-state index in [9.17, 15) is 0 Å². The summed E-state index contributed by atoms with van der Waals surface area (Å²) in [5, 5.41) is 3.72. The van der Waals surface area contributed by atoms with Crippen LogP contribution in [0.4, 0.5) is 0 Å². The van der Waals surface area contributed by atoms with Crippen LogP contribution in [0.3, 0.4) is 0 Å². The molecule has 2 nitrogen and oxygen atoms in total. The van der Waals surface area contributed by atoms with Gasteiger partial charge in [-0.3, -0.25) is 10.3 Å². The molecule has 106 valence electrons. The SMILES string of the molecule is C[C@H](N[C@@H](C1=CC=CC1)c1ccccn1)c1ccccc1. The Morgan fingerprint density at radius 3 is 2.52 bits per heavy atom. The number of nitrogens with zero attached hydrogens (tertiary/aromatic N) is 1. The molecule has 1 N–H and O–H groups in total. The molecule has 3 rings (SSSR count). The molecule has 0 aliphatic heterocycles. The van der Waals surface area contributed by atoms with E-state index in [4.69, 9.17) is 0 Å². The maximum atomic E-state index is 4.54. The van der Waals surface area contributed by atoms with Crippen molar-refractivity contribution in [2.45, 2.75) is 25.4 Å². The van der Waals surface area contributed by atoms with Gasteiger partial charge in [0.1, 0.15) is 0 Å². The molecule has 0 radical (unpaired) electrons. The van der Waals surface area contributed by atoms with Crippen molar-refractivity contribution in [3.8, 4) is 0 Å². The van der Waals surface area contributed by atoms with Crippen molar-refractivity contribution in [3.63, 3.8) is 0 Å². The Morgan fingerprint density at radius 1 is 1.05 bits per heavy atom. The van der Waals surface area contributed by atoms with Gasteiger partial charge in [0.15, 0.2) is 0 Å². The molecule has 2 aromatic rings. The smallest absolute Gasteiger partial charge is 0.0721 e. The zero-order valence-corrected chi connectivity index (χ0v) is 12.2. The quantitative estimate of drug-likeness (QED) is 0.877. The fourth-order valence-electron chi connectivity index (χ4n) is 2.69. The Balaban J connectivity index is 1.83.